The molecule has 2 fully saturated rings. The van der Waals surface area contributed by atoms with Crippen molar-refractivity contribution in [3.05, 3.63) is 48.0 Å². The molecule has 0 amide bonds. The van der Waals surface area contributed by atoms with Crippen LogP contribution in [0.4, 0.5) is 0 Å². The van der Waals surface area contributed by atoms with Crippen LogP contribution in [0.25, 0.3) is 0 Å². The maximum absolute atomic E-state index is 11.0. The molecule has 0 aromatic heterocycles. The van der Waals surface area contributed by atoms with Crippen molar-refractivity contribution in [2.45, 2.75) is 69.0 Å². The summed E-state index contributed by atoms with van der Waals surface area (Å²) >= 11 is 0. The van der Waals surface area contributed by atoms with Crippen LogP contribution in [0.2, 0.25) is 0 Å². The molecule has 0 bridgehead atoms. The Kier molecular flexibility index (Phi) is 5.59. The van der Waals surface area contributed by atoms with Crippen molar-refractivity contribution in [2.75, 3.05) is 13.9 Å². The van der Waals surface area contributed by atoms with E-state index in [1.165, 1.54) is 0 Å². The van der Waals surface area contributed by atoms with Crippen molar-refractivity contribution < 1.29 is 33.5 Å². The van der Waals surface area contributed by atoms with Gasteiger partial charge in [0.2, 0.25) is 0 Å². The molecule has 7 heteroatoms. The summed E-state index contributed by atoms with van der Waals surface area (Å²) in [5.41, 5.74) is -0.122. The molecule has 1 N–H and O–H groups in total. The highest BCUT2D eigenvalue weighted by atomic mass is 16.9. The first-order chi connectivity index (χ1) is 13.5. The molecule has 1 aromatic rings. The normalized spacial score (nSPS) is 38.8. The first-order valence-corrected chi connectivity index (χ1v) is 9.60. The van der Waals surface area contributed by atoms with Crippen LogP contribution in [0.1, 0.15) is 25.8 Å². The van der Waals surface area contributed by atoms with E-state index in [9.17, 15) is 5.11 Å². The predicted octanol–water partition coefficient (Wildman–Crippen LogP) is 2.13. The second kappa shape index (κ2) is 7.84. The third-order valence-corrected chi connectivity index (χ3v) is 5.44. The minimum Gasteiger partial charge on any atom is -0.386 e. The van der Waals surface area contributed by atoms with Crippen LogP contribution in [0.3, 0.4) is 0 Å². The summed E-state index contributed by atoms with van der Waals surface area (Å²) in [6, 6.07) is 9.87. The van der Waals surface area contributed by atoms with Gasteiger partial charge in [0.05, 0.1) is 12.7 Å². The lowest BCUT2D eigenvalue weighted by molar-refractivity contribution is -0.293. The van der Waals surface area contributed by atoms with E-state index in [0.29, 0.717) is 13.0 Å². The average Bonchev–Trinajstić information content (AvgIpc) is 3.12. The summed E-state index contributed by atoms with van der Waals surface area (Å²) in [5.74, 6) is -0.788. The van der Waals surface area contributed by atoms with Gasteiger partial charge in [-0.2, -0.15) is 0 Å². The molecule has 1 aromatic carbocycles. The van der Waals surface area contributed by atoms with Crippen LogP contribution in [-0.2, 0) is 35.0 Å². The molecule has 3 unspecified atom stereocenters. The maximum atomic E-state index is 11.0. The first kappa shape index (κ1) is 20.0. The topological polar surface area (TPSA) is 75.6 Å². The Morgan fingerprint density at radius 2 is 1.89 bits per heavy atom. The third-order valence-electron chi connectivity index (χ3n) is 5.44. The lowest BCUT2D eigenvalue weighted by Gasteiger charge is -2.45. The number of rotatable bonds is 6. The lowest BCUT2D eigenvalue weighted by Crippen LogP contribution is -2.63. The molecule has 1 aliphatic carbocycles. The Labute approximate surface area is 165 Å². The molecule has 3 aliphatic rings. The fraction of sp³-hybridized carbons (Fsp3) is 0.619. The van der Waals surface area contributed by atoms with Crippen LogP contribution in [0, 0.1) is 0 Å². The van der Waals surface area contributed by atoms with Gasteiger partial charge in [-0.1, -0.05) is 42.5 Å². The minimum absolute atomic E-state index is 0.0876. The summed E-state index contributed by atoms with van der Waals surface area (Å²) in [5, 5.41) is 11.0. The summed E-state index contributed by atoms with van der Waals surface area (Å²) in [6.07, 6.45) is 1.07. The van der Waals surface area contributed by atoms with E-state index < -0.39 is 42.1 Å². The van der Waals surface area contributed by atoms with E-state index in [-0.39, 0.29) is 6.79 Å². The average molecular weight is 392 g/mol. The van der Waals surface area contributed by atoms with Crippen molar-refractivity contribution in [3.63, 3.8) is 0 Å². The molecule has 6 atom stereocenters. The van der Waals surface area contributed by atoms with Crippen molar-refractivity contribution in [2.24, 2.45) is 0 Å². The van der Waals surface area contributed by atoms with Crippen molar-refractivity contribution in [1.82, 2.24) is 0 Å². The van der Waals surface area contributed by atoms with Gasteiger partial charge in [-0.15, -0.1) is 0 Å². The largest absolute Gasteiger partial charge is 0.386 e. The SMILES string of the molecule is COCOC1CC=CC(O)C12O[C@@H]1OC(C)(C)O[C@@H]1[C@H]2OCc1ccccc1. The highest BCUT2D eigenvalue weighted by Gasteiger charge is 2.68. The smallest absolute Gasteiger partial charge is 0.190 e. The van der Waals surface area contributed by atoms with Gasteiger partial charge < -0.3 is 33.5 Å². The number of aliphatic hydroxyl groups excluding tert-OH is 1. The van der Waals surface area contributed by atoms with Gasteiger partial charge in [0.25, 0.3) is 0 Å². The van der Waals surface area contributed by atoms with Crippen LogP contribution in [-0.4, -0.2) is 61.1 Å². The highest BCUT2D eigenvalue weighted by molar-refractivity contribution is 5.21. The Balaban J connectivity index is 1.64. The number of ether oxygens (including phenoxy) is 6. The molecule has 4 rings (SSSR count). The zero-order valence-corrected chi connectivity index (χ0v) is 16.4. The second-order valence-electron chi connectivity index (χ2n) is 7.83. The van der Waals surface area contributed by atoms with Gasteiger partial charge in [-0.3, -0.25) is 0 Å². The number of hydrogen-bond donors (Lipinski definition) is 1. The van der Waals surface area contributed by atoms with E-state index >= 15 is 0 Å². The molecule has 7 nitrogen and oxygen atoms in total. The van der Waals surface area contributed by atoms with Crippen LogP contribution < -0.4 is 0 Å². The molecule has 1 spiro atoms. The fourth-order valence-corrected chi connectivity index (χ4v) is 4.27. The monoisotopic (exact) mass is 392 g/mol. The van der Waals surface area contributed by atoms with Gasteiger partial charge in [0.1, 0.15) is 25.1 Å². The number of benzene rings is 1. The molecule has 2 heterocycles. The highest BCUT2D eigenvalue weighted by Crippen LogP contribution is 2.49. The molecule has 0 saturated carbocycles. The maximum Gasteiger partial charge on any atom is 0.190 e. The molecule has 2 aliphatic heterocycles. The summed E-state index contributed by atoms with van der Waals surface area (Å²) < 4.78 is 35.7. The molecular formula is C21H28O7. The first-order valence-electron chi connectivity index (χ1n) is 9.60. The fourth-order valence-electron chi connectivity index (χ4n) is 4.27. The second-order valence-corrected chi connectivity index (χ2v) is 7.83. The summed E-state index contributed by atoms with van der Waals surface area (Å²) in [7, 11) is 1.56. The van der Waals surface area contributed by atoms with Gasteiger partial charge in [0.15, 0.2) is 17.7 Å². The number of aliphatic hydroxyl groups is 1. The van der Waals surface area contributed by atoms with Gasteiger partial charge in [-0.25, -0.2) is 0 Å². The number of hydrogen-bond acceptors (Lipinski definition) is 7. The van der Waals surface area contributed by atoms with Gasteiger partial charge >= 0.3 is 0 Å². The van der Waals surface area contributed by atoms with Crippen LogP contribution in [0.15, 0.2) is 42.5 Å². The van der Waals surface area contributed by atoms with Gasteiger partial charge in [-0.05, 0) is 25.8 Å². The van der Waals surface area contributed by atoms with E-state index in [1.54, 1.807) is 13.2 Å². The molecule has 2 saturated heterocycles. The number of methoxy groups -OCH3 is 1. The summed E-state index contributed by atoms with van der Waals surface area (Å²) in [4.78, 5) is 0. The van der Waals surface area contributed by atoms with E-state index in [4.69, 9.17) is 28.4 Å². The molecule has 28 heavy (non-hydrogen) atoms. The lowest BCUT2D eigenvalue weighted by atomic mass is 9.79. The molecular weight excluding hydrogens is 364 g/mol. The molecule has 0 radical (unpaired) electrons. The van der Waals surface area contributed by atoms with E-state index in [1.807, 2.05) is 50.3 Å². The van der Waals surface area contributed by atoms with E-state index in [2.05, 4.69) is 0 Å². The quantitative estimate of drug-likeness (QED) is 0.587. The summed E-state index contributed by atoms with van der Waals surface area (Å²) in [6.45, 7) is 4.12. The van der Waals surface area contributed by atoms with E-state index in [0.717, 1.165) is 5.56 Å². The van der Waals surface area contributed by atoms with Gasteiger partial charge in [0, 0.05) is 7.11 Å². The van der Waals surface area contributed by atoms with Crippen LogP contribution >= 0.6 is 0 Å². The molecule has 154 valence electrons. The minimum atomic E-state index is -1.14. The Hall–Kier alpha value is -1.32. The standard InChI is InChI=1S/C21H28O7/c1-20(2)26-17-18(24-12-14-8-5-4-6-9-14)21(28-19(17)27-20)15(22)10-7-11-16(21)25-13-23-3/h4-10,15-19,22H,11-13H2,1-3H3/t15?,16?,17-,18-,19+,21?/m1/s1. The Morgan fingerprint density at radius 3 is 2.64 bits per heavy atom. The predicted molar refractivity (Wildman–Crippen MR) is 99.2 cm³/mol. The Morgan fingerprint density at radius 1 is 1.11 bits per heavy atom. The number of fused-ring (bicyclic) bond motifs is 1. The van der Waals surface area contributed by atoms with Crippen LogP contribution in [0.5, 0.6) is 0 Å². The zero-order valence-electron chi connectivity index (χ0n) is 16.4. The van der Waals surface area contributed by atoms with Crippen molar-refractivity contribution in [3.8, 4) is 0 Å². The van der Waals surface area contributed by atoms with Crippen molar-refractivity contribution >= 4 is 0 Å². The third kappa shape index (κ3) is 3.52. The zero-order chi connectivity index (χ0) is 19.8. The Bertz CT molecular complexity index is 691. The van der Waals surface area contributed by atoms with Crippen molar-refractivity contribution in [1.29, 1.82) is 0 Å².